The number of nitrogens with one attached hydrogen (secondary N) is 1. The first kappa shape index (κ1) is 14.3. The Morgan fingerprint density at radius 1 is 1.53 bits per heavy atom. The maximum absolute atomic E-state index is 10.9. The average molecular weight is 328 g/mol. The first-order valence-corrected chi connectivity index (χ1v) is 7.19. The minimum atomic E-state index is -0.337. The zero-order valence-corrected chi connectivity index (χ0v) is 12.7. The van der Waals surface area contributed by atoms with Crippen molar-refractivity contribution in [1.82, 2.24) is 5.32 Å². The summed E-state index contributed by atoms with van der Waals surface area (Å²) in [6.45, 7) is 3.72. The molecular weight excluding hydrogens is 310 g/mol. The fraction of sp³-hybridized carbons (Fsp3) is 0.538. The highest BCUT2D eigenvalue weighted by Crippen LogP contribution is 2.34. The van der Waals surface area contributed by atoms with Crippen molar-refractivity contribution in [2.45, 2.75) is 25.8 Å². The topological polar surface area (TPSA) is 58.4 Å². The predicted octanol–water partition coefficient (Wildman–Crippen LogP) is 2.85. The smallest absolute Gasteiger partial charge is 0.273 e. The molecule has 19 heavy (non-hydrogen) atoms. The number of nitro groups is 1. The van der Waals surface area contributed by atoms with Crippen molar-refractivity contribution in [3.63, 3.8) is 0 Å². The van der Waals surface area contributed by atoms with Crippen LogP contribution in [0.15, 0.2) is 16.6 Å². The van der Waals surface area contributed by atoms with Gasteiger partial charge in [0.1, 0.15) is 0 Å². The molecule has 1 heterocycles. The van der Waals surface area contributed by atoms with E-state index < -0.39 is 0 Å². The third-order valence-corrected chi connectivity index (χ3v) is 4.27. The molecule has 1 unspecified atom stereocenters. The molecule has 0 aliphatic carbocycles. The lowest BCUT2D eigenvalue weighted by molar-refractivity contribution is -0.385. The van der Waals surface area contributed by atoms with Crippen LogP contribution in [0.1, 0.15) is 18.4 Å². The quantitative estimate of drug-likeness (QED) is 0.685. The standard InChI is InChI=1S/C13H18BrN3O2/c1-9-6-13(11(14)7-12(9)17(18)19)16-5-3-4-10(8-16)15-2/h6-7,10,15H,3-5,8H2,1-2H3. The Balaban J connectivity index is 2.30. The number of anilines is 1. The van der Waals surface area contributed by atoms with Crippen molar-refractivity contribution in [3.8, 4) is 0 Å². The Labute approximate surface area is 121 Å². The molecule has 1 fully saturated rings. The minimum Gasteiger partial charge on any atom is -0.369 e. The number of aryl methyl sites for hydroxylation is 1. The van der Waals surface area contributed by atoms with Crippen molar-refractivity contribution in [3.05, 3.63) is 32.3 Å². The van der Waals surface area contributed by atoms with Gasteiger partial charge in [0.15, 0.2) is 0 Å². The molecule has 1 atom stereocenters. The lowest BCUT2D eigenvalue weighted by atomic mass is 10.0. The summed E-state index contributed by atoms with van der Waals surface area (Å²) in [5.74, 6) is 0. The number of nitro benzene ring substituents is 1. The van der Waals surface area contributed by atoms with Crippen molar-refractivity contribution >= 4 is 27.3 Å². The highest BCUT2D eigenvalue weighted by Gasteiger charge is 2.22. The molecular formula is C13H18BrN3O2. The Bertz CT molecular complexity index is 493. The van der Waals surface area contributed by atoms with Crippen LogP contribution in [0, 0.1) is 17.0 Å². The normalized spacial score (nSPS) is 19.5. The first-order chi connectivity index (χ1) is 9.02. The van der Waals surface area contributed by atoms with E-state index in [-0.39, 0.29) is 10.6 Å². The lowest BCUT2D eigenvalue weighted by Gasteiger charge is -2.35. The summed E-state index contributed by atoms with van der Waals surface area (Å²) >= 11 is 3.46. The largest absolute Gasteiger partial charge is 0.369 e. The van der Waals surface area contributed by atoms with E-state index in [9.17, 15) is 10.1 Å². The molecule has 1 saturated heterocycles. The highest BCUT2D eigenvalue weighted by molar-refractivity contribution is 9.10. The van der Waals surface area contributed by atoms with Crippen LogP contribution < -0.4 is 10.2 Å². The van der Waals surface area contributed by atoms with Gasteiger partial charge in [-0.15, -0.1) is 0 Å². The number of piperidine rings is 1. The van der Waals surface area contributed by atoms with Gasteiger partial charge < -0.3 is 10.2 Å². The minimum absolute atomic E-state index is 0.165. The van der Waals surface area contributed by atoms with E-state index in [0.717, 1.165) is 29.7 Å². The van der Waals surface area contributed by atoms with Crippen molar-refractivity contribution in [1.29, 1.82) is 0 Å². The summed E-state index contributed by atoms with van der Waals surface area (Å²) < 4.78 is 0.793. The molecule has 104 valence electrons. The van der Waals surface area contributed by atoms with Gasteiger partial charge in [0.25, 0.3) is 5.69 Å². The Morgan fingerprint density at radius 3 is 2.89 bits per heavy atom. The second kappa shape index (κ2) is 5.88. The van der Waals surface area contributed by atoms with Crippen LogP contribution in [0.2, 0.25) is 0 Å². The zero-order valence-electron chi connectivity index (χ0n) is 11.1. The van der Waals surface area contributed by atoms with Gasteiger partial charge in [-0.05, 0) is 48.8 Å². The van der Waals surface area contributed by atoms with Crippen LogP contribution in [0.4, 0.5) is 11.4 Å². The molecule has 1 N–H and O–H groups in total. The Hall–Kier alpha value is -1.14. The molecule has 1 aliphatic heterocycles. The number of hydrogen-bond acceptors (Lipinski definition) is 4. The number of nitrogens with zero attached hydrogens (tertiary/aromatic N) is 2. The molecule has 2 rings (SSSR count). The summed E-state index contributed by atoms with van der Waals surface area (Å²) in [5.41, 5.74) is 1.91. The van der Waals surface area contributed by atoms with Crippen molar-refractivity contribution in [2.24, 2.45) is 0 Å². The van der Waals surface area contributed by atoms with E-state index in [1.54, 1.807) is 13.0 Å². The maximum Gasteiger partial charge on any atom is 0.273 e. The molecule has 5 nitrogen and oxygen atoms in total. The maximum atomic E-state index is 10.9. The molecule has 0 saturated carbocycles. The van der Waals surface area contributed by atoms with Gasteiger partial charge in [0.2, 0.25) is 0 Å². The van der Waals surface area contributed by atoms with Crippen LogP contribution >= 0.6 is 15.9 Å². The molecule has 0 spiro atoms. The van der Waals surface area contributed by atoms with Gasteiger partial charge in [-0.25, -0.2) is 0 Å². The number of benzene rings is 1. The predicted molar refractivity (Wildman–Crippen MR) is 79.8 cm³/mol. The summed E-state index contributed by atoms with van der Waals surface area (Å²) in [6.07, 6.45) is 2.31. The number of hydrogen-bond donors (Lipinski definition) is 1. The third kappa shape index (κ3) is 3.06. The number of halogens is 1. The van der Waals surface area contributed by atoms with E-state index in [1.807, 2.05) is 13.1 Å². The summed E-state index contributed by atoms with van der Waals surface area (Å²) in [5, 5.41) is 14.2. The number of rotatable bonds is 3. The molecule has 0 amide bonds. The van der Waals surface area contributed by atoms with Crippen molar-refractivity contribution in [2.75, 3.05) is 25.0 Å². The van der Waals surface area contributed by atoms with Crippen LogP contribution in [-0.2, 0) is 0 Å². The van der Waals surface area contributed by atoms with Gasteiger partial charge in [-0.1, -0.05) is 0 Å². The van der Waals surface area contributed by atoms with Crippen LogP contribution in [0.3, 0.4) is 0 Å². The summed E-state index contributed by atoms with van der Waals surface area (Å²) in [7, 11) is 1.98. The second-order valence-electron chi connectivity index (χ2n) is 4.92. The third-order valence-electron chi connectivity index (χ3n) is 3.63. The zero-order chi connectivity index (χ0) is 14.0. The first-order valence-electron chi connectivity index (χ1n) is 6.39. The van der Waals surface area contributed by atoms with Crippen LogP contribution in [0.25, 0.3) is 0 Å². The Kier molecular flexibility index (Phi) is 4.42. The fourth-order valence-corrected chi connectivity index (χ4v) is 3.11. The lowest BCUT2D eigenvalue weighted by Crippen LogP contribution is -2.44. The van der Waals surface area contributed by atoms with Crippen molar-refractivity contribution < 1.29 is 4.92 Å². The van der Waals surface area contributed by atoms with E-state index in [4.69, 9.17) is 0 Å². The summed E-state index contributed by atoms with van der Waals surface area (Å²) in [6, 6.07) is 3.99. The molecule has 0 radical (unpaired) electrons. The van der Waals surface area contributed by atoms with Gasteiger partial charge in [-0.3, -0.25) is 10.1 Å². The fourth-order valence-electron chi connectivity index (χ4n) is 2.53. The average Bonchev–Trinajstić information content (AvgIpc) is 2.40. The van der Waals surface area contributed by atoms with Crippen LogP contribution in [0.5, 0.6) is 0 Å². The molecule has 1 aromatic rings. The molecule has 6 heteroatoms. The molecule has 1 aliphatic rings. The monoisotopic (exact) mass is 327 g/mol. The van der Waals surface area contributed by atoms with Crippen LogP contribution in [-0.4, -0.2) is 31.1 Å². The molecule has 0 bridgehead atoms. The van der Waals surface area contributed by atoms with Gasteiger partial charge in [0.05, 0.1) is 10.6 Å². The SMILES string of the molecule is CNC1CCCN(c2cc(C)c([N+](=O)[O-])cc2Br)C1. The van der Waals surface area contributed by atoms with E-state index >= 15 is 0 Å². The van der Waals surface area contributed by atoms with Gasteiger partial charge >= 0.3 is 0 Å². The summed E-state index contributed by atoms with van der Waals surface area (Å²) in [4.78, 5) is 12.9. The molecule has 1 aromatic carbocycles. The number of likely N-dealkylation sites (N-methyl/N-ethyl adjacent to an activating group) is 1. The van der Waals surface area contributed by atoms with E-state index in [2.05, 4.69) is 26.1 Å². The highest BCUT2D eigenvalue weighted by atomic mass is 79.9. The molecule has 0 aromatic heterocycles. The van der Waals surface area contributed by atoms with Gasteiger partial charge in [0, 0.05) is 35.2 Å². The van der Waals surface area contributed by atoms with E-state index in [1.165, 1.54) is 6.42 Å². The Morgan fingerprint density at radius 2 is 2.26 bits per heavy atom. The van der Waals surface area contributed by atoms with E-state index in [0.29, 0.717) is 11.6 Å². The second-order valence-corrected chi connectivity index (χ2v) is 5.78. The van der Waals surface area contributed by atoms with Gasteiger partial charge in [-0.2, -0.15) is 0 Å².